The first-order valence-electron chi connectivity index (χ1n) is 3.20. The third-order valence-electron chi connectivity index (χ3n) is 0.692. The van der Waals surface area contributed by atoms with Crippen LogP contribution in [0.3, 0.4) is 0 Å². The molecule has 9 heavy (non-hydrogen) atoms. The summed E-state index contributed by atoms with van der Waals surface area (Å²) < 4.78 is 4.36. The summed E-state index contributed by atoms with van der Waals surface area (Å²) in [5.74, 6) is 0. The van der Waals surface area contributed by atoms with Gasteiger partial charge in [-0.3, -0.25) is 0 Å². The molecule has 0 amide bonds. The van der Waals surface area contributed by atoms with Crippen LogP contribution < -0.4 is 0 Å². The van der Waals surface area contributed by atoms with Crippen LogP contribution >= 0.6 is 0 Å². The quantitative estimate of drug-likeness (QED) is 0.531. The summed E-state index contributed by atoms with van der Waals surface area (Å²) in [4.78, 5) is 0. The van der Waals surface area contributed by atoms with Gasteiger partial charge in [-0.2, -0.15) is 0 Å². The summed E-state index contributed by atoms with van der Waals surface area (Å²) in [7, 11) is 0. The molecule has 54 valence electrons. The van der Waals surface area contributed by atoms with E-state index in [0.717, 1.165) is 0 Å². The zero-order valence-electron chi connectivity index (χ0n) is 6.39. The first-order valence-corrected chi connectivity index (χ1v) is 3.20. The van der Waals surface area contributed by atoms with Gasteiger partial charge in [0.25, 0.3) is 0 Å². The van der Waals surface area contributed by atoms with Crippen molar-refractivity contribution < 1.29 is 4.74 Å². The topological polar surface area (TPSA) is 9.23 Å². The molecule has 0 rings (SSSR count). The van der Waals surface area contributed by atoms with Crippen molar-refractivity contribution in [2.24, 2.45) is 0 Å². The Morgan fingerprint density at radius 2 is 1.44 bits per heavy atom. The maximum absolute atomic E-state index is 4.36. The molecule has 0 aromatic heterocycles. The maximum atomic E-state index is 4.36. The van der Waals surface area contributed by atoms with Crippen molar-refractivity contribution in [3.8, 4) is 0 Å². The summed E-state index contributed by atoms with van der Waals surface area (Å²) >= 11 is 0. The van der Waals surface area contributed by atoms with E-state index in [1.54, 1.807) is 0 Å². The van der Waals surface area contributed by atoms with E-state index in [9.17, 15) is 0 Å². The second kappa shape index (κ2) is 15.7. The predicted molar refractivity (Wildman–Crippen MR) is 42.1 cm³/mol. The Labute approximate surface area is 58.0 Å². The molecule has 0 aliphatic rings. The molecule has 0 fully saturated rings. The third-order valence-corrected chi connectivity index (χ3v) is 0.692. The Bertz CT molecular complexity index is 49.6. The summed E-state index contributed by atoms with van der Waals surface area (Å²) in [5, 5.41) is 0. The van der Waals surface area contributed by atoms with E-state index in [4.69, 9.17) is 0 Å². The predicted octanol–water partition coefficient (Wildman–Crippen LogP) is 3.10. The molecule has 0 saturated carbocycles. The molecule has 0 aliphatic carbocycles. The lowest BCUT2D eigenvalue weighted by Gasteiger charge is -1.76. The SMILES string of the molecule is C=COC=C.CCCC. The molecule has 0 radical (unpaired) electrons. The molecule has 0 N–H and O–H groups in total. The van der Waals surface area contributed by atoms with Gasteiger partial charge in [-0.05, 0) is 0 Å². The van der Waals surface area contributed by atoms with Crippen molar-refractivity contribution in [3.63, 3.8) is 0 Å². The fraction of sp³-hybridized carbons (Fsp3) is 0.500. The van der Waals surface area contributed by atoms with Crippen molar-refractivity contribution in [3.05, 3.63) is 25.7 Å². The molecule has 0 unspecified atom stereocenters. The van der Waals surface area contributed by atoms with Crippen LogP contribution in [0.4, 0.5) is 0 Å². The lowest BCUT2D eigenvalue weighted by atomic mass is 10.4. The van der Waals surface area contributed by atoms with Crippen molar-refractivity contribution >= 4 is 0 Å². The van der Waals surface area contributed by atoms with Crippen LogP contribution in [0.15, 0.2) is 25.7 Å². The van der Waals surface area contributed by atoms with Crippen molar-refractivity contribution in [2.75, 3.05) is 0 Å². The number of rotatable bonds is 3. The van der Waals surface area contributed by atoms with Crippen LogP contribution in [0.1, 0.15) is 26.7 Å². The van der Waals surface area contributed by atoms with Gasteiger partial charge < -0.3 is 4.74 Å². The molecule has 0 saturated heterocycles. The van der Waals surface area contributed by atoms with Gasteiger partial charge in [-0.1, -0.05) is 39.8 Å². The average Bonchev–Trinajstić information content (AvgIpc) is 1.91. The van der Waals surface area contributed by atoms with E-state index >= 15 is 0 Å². The molecule has 0 aromatic rings. The number of hydrogen-bond donors (Lipinski definition) is 0. The van der Waals surface area contributed by atoms with Crippen LogP contribution in [-0.2, 0) is 4.74 Å². The molecular formula is C8H16O. The van der Waals surface area contributed by atoms with E-state index in [1.165, 1.54) is 25.4 Å². The Balaban J connectivity index is 0. The number of hydrogen-bond acceptors (Lipinski definition) is 1. The van der Waals surface area contributed by atoms with Gasteiger partial charge in [0.2, 0.25) is 0 Å². The van der Waals surface area contributed by atoms with Crippen LogP contribution in [-0.4, -0.2) is 0 Å². The van der Waals surface area contributed by atoms with Crippen molar-refractivity contribution in [1.82, 2.24) is 0 Å². The largest absolute Gasteiger partial charge is 0.474 e. The van der Waals surface area contributed by atoms with Gasteiger partial charge in [0, 0.05) is 0 Å². The van der Waals surface area contributed by atoms with Crippen LogP contribution in [0.25, 0.3) is 0 Å². The molecule has 0 atom stereocenters. The Morgan fingerprint density at radius 1 is 1.11 bits per heavy atom. The third kappa shape index (κ3) is 39.0. The molecule has 0 aromatic carbocycles. The van der Waals surface area contributed by atoms with E-state index in [0.29, 0.717) is 0 Å². The highest BCUT2D eigenvalue weighted by Gasteiger charge is 1.56. The van der Waals surface area contributed by atoms with Crippen molar-refractivity contribution in [1.29, 1.82) is 0 Å². The summed E-state index contributed by atoms with van der Waals surface area (Å²) in [6.07, 6.45) is 5.26. The molecule has 0 bridgehead atoms. The molecule has 1 nitrogen and oxygen atoms in total. The van der Waals surface area contributed by atoms with Crippen molar-refractivity contribution in [2.45, 2.75) is 26.7 Å². The van der Waals surface area contributed by atoms with Gasteiger partial charge in [0.15, 0.2) is 0 Å². The molecule has 1 heteroatoms. The Morgan fingerprint density at radius 3 is 1.44 bits per heavy atom. The second-order valence-electron chi connectivity index (χ2n) is 1.47. The fourth-order valence-corrected chi connectivity index (χ4v) is 0.0680. The van der Waals surface area contributed by atoms with E-state index in [2.05, 4.69) is 31.7 Å². The van der Waals surface area contributed by atoms with E-state index in [-0.39, 0.29) is 0 Å². The van der Waals surface area contributed by atoms with Gasteiger partial charge in [0.1, 0.15) is 0 Å². The average molecular weight is 128 g/mol. The molecule has 0 aliphatic heterocycles. The first-order chi connectivity index (χ1) is 4.33. The molecule has 0 heterocycles. The van der Waals surface area contributed by atoms with Crippen LogP contribution in [0, 0.1) is 0 Å². The van der Waals surface area contributed by atoms with Gasteiger partial charge in [-0.15, -0.1) is 0 Å². The number of unbranched alkanes of at least 4 members (excludes halogenated alkanes) is 1. The van der Waals surface area contributed by atoms with E-state index < -0.39 is 0 Å². The van der Waals surface area contributed by atoms with Gasteiger partial charge in [0.05, 0.1) is 12.5 Å². The van der Waals surface area contributed by atoms with Crippen LogP contribution in [0.2, 0.25) is 0 Å². The lowest BCUT2D eigenvalue weighted by molar-refractivity contribution is 0.406. The lowest BCUT2D eigenvalue weighted by Crippen LogP contribution is -1.52. The fourth-order valence-electron chi connectivity index (χ4n) is 0.0680. The zero-order valence-corrected chi connectivity index (χ0v) is 6.39. The van der Waals surface area contributed by atoms with Gasteiger partial charge >= 0.3 is 0 Å². The highest BCUT2D eigenvalue weighted by Crippen LogP contribution is 1.76. The zero-order chi connectivity index (χ0) is 7.54. The number of ether oxygens (including phenoxy) is 1. The standard InChI is InChI=1S/C4H6O.C4H10/c1-3-5-4-2;1-3-4-2/h3-4H,1-2H2;3-4H2,1-2H3. The minimum Gasteiger partial charge on any atom is -0.474 e. The minimum atomic E-state index is 1.31. The van der Waals surface area contributed by atoms with Gasteiger partial charge in [-0.25, -0.2) is 0 Å². The highest BCUT2D eigenvalue weighted by atomic mass is 16.5. The molecular weight excluding hydrogens is 112 g/mol. The molecule has 0 spiro atoms. The van der Waals surface area contributed by atoms with Crippen LogP contribution in [0.5, 0.6) is 0 Å². The summed E-state index contributed by atoms with van der Waals surface area (Å²) in [6.45, 7) is 10.9. The smallest absolute Gasteiger partial charge is 0.0829 e. The Kier molecular flexibility index (Phi) is 19.4. The normalized spacial score (nSPS) is 6.44. The highest BCUT2D eigenvalue weighted by molar-refractivity contribution is 4.57. The minimum absolute atomic E-state index is 1.31. The Hall–Kier alpha value is -0.720. The monoisotopic (exact) mass is 128 g/mol. The van der Waals surface area contributed by atoms with E-state index in [1.807, 2.05) is 0 Å². The first kappa shape index (κ1) is 11.1. The summed E-state index contributed by atoms with van der Waals surface area (Å²) in [6, 6.07) is 0. The summed E-state index contributed by atoms with van der Waals surface area (Å²) in [5.41, 5.74) is 0. The maximum Gasteiger partial charge on any atom is 0.0829 e. The second-order valence-corrected chi connectivity index (χ2v) is 1.47.